The van der Waals surface area contributed by atoms with E-state index in [0.29, 0.717) is 20.5 Å². The SMILES string of the molecule is O=C(/C=C/c1cccc(F)c1)NNC(=O)CSc1cc(Cl)ccc1Cl. The van der Waals surface area contributed by atoms with E-state index in [2.05, 4.69) is 10.9 Å². The summed E-state index contributed by atoms with van der Waals surface area (Å²) in [6.45, 7) is 0. The molecule has 8 heteroatoms. The zero-order valence-corrected chi connectivity index (χ0v) is 15.1. The first-order chi connectivity index (χ1) is 11.9. The van der Waals surface area contributed by atoms with Crippen molar-refractivity contribution in [2.75, 3.05) is 5.75 Å². The smallest absolute Gasteiger partial charge is 0.262 e. The Bertz CT molecular complexity index is 815. The lowest BCUT2D eigenvalue weighted by Gasteiger charge is -2.06. The molecule has 2 rings (SSSR count). The Labute approximate surface area is 158 Å². The van der Waals surface area contributed by atoms with Crippen LogP contribution in [0.1, 0.15) is 5.56 Å². The molecule has 0 aromatic heterocycles. The Balaban J connectivity index is 1.77. The highest BCUT2D eigenvalue weighted by Crippen LogP contribution is 2.29. The van der Waals surface area contributed by atoms with E-state index in [1.165, 1.54) is 42.1 Å². The fraction of sp³-hybridized carbons (Fsp3) is 0.0588. The van der Waals surface area contributed by atoms with Gasteiger partial charge >= 0.3 is 0 Å². The predicted octanol–water partition coefficient (Wildman–Crippen LogP) is 4.09. The molecule has 2 amide bonds. The molecule has 0 spiro atoms. The number of thioether (sulfide) groups is 1. The van der Waals surface area contributed by atoms with Crippen LogP contribution in [0.3, 0.4) is 0 Å². The van der Waals surface area contributed by atoms with Crippen LogP contribution in [0.15, 0.2) is 53.4 Å². The summed E-state index contributed by atoms with van der Waals surface area (Å²) in [5.41, 5.74) is 5.05. The zero-order chi connectivity index (χ0) is 18.2. The van der Waals surface area contributed by atoms with Gasteiger partial charge in [-0.3, -0.25) is 20.4 Å². The number of benzene rings is 2. The average Bonchev–Trinajstić information content (AvgIpc) is 2.59. The van der Waals surface area contributed by atoms with Crippen molar-refractivity contribution in [1.29, 1.82) is 0 Å². The van der Waals surface area contributed by atoms with E-state index in [1.807, 2.05) is 0 Å². The van der Waals surface area contributed by atoms with E-state index in [1.54, 1.807) is 24.3 Å². The molecule has 0 aliphatic rings. The van der Waals surface area contributed by atoms with E-state index < -0.39 is 17.6 Å². The Morgan fingerprint density at radius 3 is 2.68 bits per heavy atom. The van der Waals surface area contributed by atoms with Gasteiger partial charge in [-0.15, -0.1) is 11.8 Å². The molecule has 0 atom stereocenters. The van der Waals surface area contributed by atoms with Crippen molar-refractivity contribution >= 4 is 52.9 Å². The Morgan fingerprint density at radius 2 is 1.92 bits per heavy atom. The molecule has 0 radical (unpaired) electrons. The summed E-state index contributed by atoms with van der Waals surface area (Å²) in [7, 11) is 0. The molecule has 0 heterocycles. The van der Waals surface area contributed by atoms with Gasteiger partial charge < -0.3 is 0 Å². The van der Waals surface area contributed by atoms with Crippen molar-refractivity contribution in [2.24, 2.45) is 0 Å². The minimum absolute atomic E-state index is 0.0496. The van der Waals surface area contributed by atoms with Crippen LogP contribution >= 0.6 is 35.0 Å². The number of hydrogen-bond acceptors (Lipinski definition) is 3. The molecule has 0 fully saturated rings. The highest BCUT2D eigenvalue weighted by atomic mass is 35.5. The van der Waals surface area contributed by atoms with E-state index >= 15 is 0 Å². The lowest BCUT2D eigenvalue weighted by Crippen LogP contribution is -2.41. The van der Waals surface area contributed by atoms with E-state index in [0.717, 1.165) is 0 Å². The average molecular weight is 399 g/mol. The van der Waals surface area contributed by atoms with Crippen LogP contribution in [0, 0.1) is 5.82 Å². The number of nitrogens with one attached hydrogen (secondary N) is 2. The summed E-state index contributed by atoms with van der Waals surface area (Å²) >= 11 is 13.1. The van der Waals surface area contributed by atoms with Crippen molar-refractivity contribution in [1.82, 2.24) is 10.9 Å². The monoisotopic (exact) mass is 398 g/mol. The molecular weight excluding hydrogens is 386 g/mol. The first-order valence-electron chi connectivity index (χ1n) is 7.04. The fourth-order valence-corrected chi connectivity index (χ4v) is 3.02. The molecule has 0 saturated heterocycles. The third-order valence-electron chi connectivity index (χ3n) is 2.85. The van der Waals surface area contributed by atoms with Gasteiger partial charge in [0, 0.05) is 16.0 Å². The Morgan fingerprint density at radius 1 is 1.12 bits per heavy atom. The molecule has 2 N–H and O–H groups in total. The summed E-state index contributed by atoms with van der Waals surface area (Å²) < 4.78 is 13.0. The summed E-state index contributed by atoms with van der Waals surface area (Å²) in [4.78, 5) is 24.0. The van der Waals surface area contributed by atoms with E-state index in [9.17, 15) is 14.0 Å². The number of rotatable bonds is 5. The normalized spacial score (nSPS) is 10.7. The quantitative estimate of drug-likeness (QED) is 0.453. The predicted molar refractivity (Wildman–Crippen MR) is 98.9 cm³/mol. The molecule has 4 nitrogen and oxygen atoms in total. The van der Waals surface area contributed by atoms with Gasteiger partial charge in [0.1, 0.15) is 5.82 Å². The number of amides is 2. The zero-order valence-electron chi connectivity index (χ0n) is 12.8. The fourth-order valence-electron chi connectivity index (χ4n) is 1.72. The van der Waals surface area contributed by atoms with Gasteiger partial charge in [-0.2, -0.15) is 0 Å². The van der Waals surface area contributed by atoms with Crippen molar-refractivity contribution in [3.8, 4) is 0 Å². The molecule has 0 saturated carbocycles. The topological polar surface area (TPSA) is 58.2 Å². The number of hydrogen-bond donors (Lipinski definition) is 2. The van der Waals surface area contributed by atoms with Crippen LogP contribution in [0.5, 0.6) is 0 Å². The number of carbonyl (C=O) groups is 2. The second-order valence-corrected chi connectivity index (χ2v) is 6.65. The maximum Gasteiger partial charge on any atom is 0.262 e. The molecule has 25 heavy (non-hydrogen) atoms. The van der Waals surface area contributed by atoms with Crippen LogP contribution in [-0.2, 0) is 9.59 Å². The van der Waals surface area contributed by atoms with Crippen molar-refractivity contribution in [3.05, 3.63) is 70.0 Å². The molecule has 0 aliphatic heterocycles. The van der Waals surface area contributed by atoms with Crippen LogP contribution < -0.4 is 10.9 Å². The van der Waals surface area contributed by atoms with Gasteiger partial charge in [0.2, 0.25) is 5.91 Å². The summed E-state index contributed by atoms with van der Waals surface area (Å²) in [6, 6.07) is 10.7. The molecule has 2 aromatic rings. The molecular formula is C17H13Cl2FN2O2S. The third kappa shape index (κ3) is 6.78. The van der Waals surface area contributed by atoms with Gasteiger partial charge in [-0.1, -0.05) is 35.3 Å². The molecule has 0 bridgehead atoms. The maximum absolute atomic E-state index is 13.0. The number of halogens is 3. The largest absolute Gasteiger partial charge is 0.272 e. The van der Waals surface area contributed by atoms with Crippen LogP contribution in [0.25, 0.3) is 6.08 Å². The van der Waals surface area contributed by atoms with Crippen molar-refractivity contribution in [3.63, 3.8) is 0 Å². The van der Waals surface area contributed by atoms with Crippen molar-refractivity contribution < 1.29 is 14.0 Å². The summed E-state index contributed by atoms with van der Waals surface area (Å²) in [5.74, 6) is -1.29. The van der Waals surface area contributed by atoms with Gasteiger partial charge in [0.15, 0.2) is 0 Å². The highest BCUT2D eigenvalue weighted by Gasteiger charge is 2.07. The van der Waals surface area contributed by atoms with Gasteiger partial charge in [-0.25, -0.2) is 4.39 Å². The van der Waals surface area contributed by atoms with Crippen molar-refractivity contribution in [2.45, 2.75) is 4.90 Å². The second-order valence-electron chi connectivity index (χ2n) is 4.79. The number of carbonyl (C=O) groups excluding carboxylic acids is 2. The number of hydrazine groups is 1. The van der Waals surface area contributed by atoms with Gasteiger partial charge in [0.05, 0.1) is 10.8 Å². The third-order valence-corrected chi connectivity index (χ3v) is 4.59. The highest BCUT2D eigenvalue weighted by molar-refractivity contribution is 8.00. The first-order valence-corrected chi connectivity index (χ1v) is 8.78. The second kappa shape index (κ2) is 9.46. The van der Waals surface area contributed by atoms with Gasteiger partial charge in [0.25, 0.3) is 5.91 Å². The minimum atomic E-state index is -0.539. The standard InChI is InChI=1S/C17H13Cl2FN2O2S/c18-12-5-6-14(19)15(9-12)25-10-17(24)22-21-16(23)7-4-11-2-1-3-13(20)8-11/h1-9H,10H2,(H,21,23)(H,22,24)/b7-4+. The Hall–Kier alpha value is -2.02. The molecule has 0 aliphatic carbocycles. The van der Waals surface area contributed by atoms with Crippen LogP contribution in [0.4, 0.5) is 4.39 Å². The first kappa shape index (κ1) is 19.3. The lowest BCUT2D eigenvalue weighted by atomic mass is 10.2. The molecule has 2 aromatic carbocycles. The lowest BCUT2D eigenvalue weighted by molar-refractivity contribution is -0.125. The maximum atomic E-state index is 13.0. The van der Waals surface area contributed by atoms with Crippen LogP contribution in [0.2, 0.25) is 10.0 Å². The van der Waals surface area contributed by atoms with Gasteiger partial charge in [-0.05, 0) is 42.0 Å². The van der Waals surface area contributed by atoms with E-state index in [-0.39, 0.29) is 5.75 Å². The molecule has 130 valence electrons. The minimum Gasteiger partial charge on any atom is -0.272 e. The summed E-state index contributed by atoms with van der Waals surface area (Å²) in [6.07, 6.45) is 2.63. The molecule has 0 unspecified atom stereocenters. The summed E-state index contributed by atoms with van der Waals surface area (Å²) in [5, 5.41) is 1.01. The van der Waals surface area contributed by atoms with E-state index in [4.69, 9.17) is 23.2 Å². The Kier molecular flexibility index (Phi) is 7.31. The van der Waals surface area contributed by atoms with Crippen LogP contribution in [-0.4, -0.2) is 17.6 Å².